The van der Waals surface area contributed by atoms with E-state index in [9.17, 15) is 9.90 Å². The molecule has 2 rings (SSSR count). The van der Waals surface area contributed by atoms with E-state index in [-0.39, 0.29) is 17.6 Å². The van der Waals surface area contributed by atoms with Gasteiger partial charge in [-0.3, -0.25) is 0 Å². The van der Waals surface area contributed by atoms with Crippen molar-refractivity contribution in [2.24, 2.45) is 5.92 Å². The Morgan fingerprint density at radius 3 is 1.97 bits per heavy atom. The third kappa shape index (κ3) is 5.60. The quantitative estimate of drug-likeness (QED) is 0.321. The number of hydrogen-bond donors (Lipinski definition) is 1. The first-order valence-corrected chi connectivity index (χ1v) is 12.2. The Morgan fingerprint density at radius 2 is 1.53 bits per heavy atom. The van der Waals surface area contributed by atoms with Crippen molar-refractivity contribution in [3.63, 3.8) is 0 Å². The molecule has 0 heterocycles. The highest BCUT2D eigenvalue weighted by Crippen LogP contribution is 2.37. The van der Waals surface area contributed by atoms with Gasteiger partial charge >= 0.3 is 5.97 Å². The van der Waals surface area contributed by atoms with Crippen molar-refractivity contribution < 1.29 is 19.1 Å². The lowest BCUT2D eigenvalue weighted by Gasteiger charge is -2.43. The van der Waals surface area contributed by atoms with Gasteiger partial charge in [-0.25, -0.2) is 4.79 Å². The average molecular weight is 425 g/mol. The lowest BCUT2D eigenvalue weighted by Crippen LogP contribution is -2.67. The van der Waals surface area contributed by atoms with Crippen LogP contribution in [0, 0.1) is 17.8 Å². The highest BCUT2D eigenvalue weighted by atomic mass is 28.4. The number of benzene rings is 2. The second-order valence-electron chi connectivity index (χ2n) is 8.39. The van der Waals surface area contributed by atoms with E-state index in [4.69, 9.17) is 9.16 Å². The minimum absolute atomic E-state index is 0.142. The van der Waals surface area contributed by atoms with Crippen molar-refractivity contribution in [2.75, 3.05) is 13.2 Å². The second kappa shape index (κ2) is 10.6. The third-order valence-corrected chi connectivity index (χ3v) is 10.1. The molecule has 2 aromatic rings. The fourth-order valence-corrected chi connectivity index (χ4v) is 8.22. The number of carbonyl (C=O) groups is 1. The molecule has 2 aromatic carbocycles. The Balaban J connectivity index is 2.36. The van der Waals surface area contributed by atoms with Gasteiger partial charge in [0, 0.05) is 18.4 Å². The van der Waals surface area contributed by atoms with E-state index >= 15 is 0 Å². The predicted molar refractivity (Wildman–Crippen MR) is 123 cm³/mol. The van der Waals surface area contributed by atoms with E-state index in [0.29, 0.717) is 6.61 Å². The first-order valence-electron chi connectivity index (χ1n) is 10.3. The summed E-state index contributed by atoms with van der Waals surface area (Å²) < 4.78 is 11.6. The molecule has 1 N–H and O–H groups in total. The van der Waals surface area contributed by atoms with E-state index in [1.54, 1.807) is 6.92 Å². The summed E-state index contributed by atoms with van der Waals surface area (Å²) in [5.74, 6) is 4.04. The van der Waals surface area contributed by atoms with Crippen LogP contribution >= 0.6 is 0 Å². The van der Waals surface area contributed by atoms with Gasteiger partial charge < -0.3 is 14.3 Å². The summed E-state index contributed by atoms with van der Waals surface area (Å²) >= 11 is 0. The van der Waals surface area contributed by atoms with E-state index < -0.39 is 20.4 Å². The summed E-state index contributed by atoms with van der Waals surface area (Å²) in [4.78, 5) is 11.5. The van der Waals surface area contributed by atoms with Crippen molar-refractivity contribution in [1.82, 2.24) is 0 Å². The molecule has 0 spiro atoms. The zero-order valence-electron chi connectivity index (χ0n) is 18.5. The van der Waals surface area contributed by atoms with Crippen LogP contribution in [0.4, 0.5) is 0 Å². The van der Waals surface area contributed by atoms with Gasteiger partial charge in [-0.15, -0.1) is 0 Å². The maximum atomic E-state index is 11.5. The third-order valence-electron chi connectivity index (χ3n) is 5.12. The number of hydrogen-bond acceptors (Lipinski definition) is 4. The van der Waals surface area contributed by atoms with Gasteiger partial charge in [0.2, 0.25) is 0 Å². The first-order chi connectivity index (χ1) is 14.2. The second-order valence-corrected chi connectivity index (χ2v) is 12.7. The first kappa shape index (κ1) is 23.9. The van der Waals surface area contributed by atoms with Gasteiger partial charge in [0.25, 0.3) is 8.32 Å². The van der Waals surface area contributed by atoms with Gasteiger partial charge in [0.15, 0.2) is 0 Å². The minimum Gasteiger partial charge on any atom is -0.456 e. The van der Waals surface area contributed by atoms with Crippen LogP contribution < -0.4 is 10.4 Å². The fourth-order valence-electron chi connectivity index (χ4n) is 3.55. The van der Waals surface area contributed by atoms with Gasteiger partial charge in [-0.1, -0.05) is 94.3 Å². The molecule has 0 bridgehead atoms. The number of carbonyl (C=O) groups excluding carboxylic acids is 1. The molecule has 0 amide bonds. The normalized spacial score (nSPS) is 13.7. The molecule has 0 saturated carbocycles. The van der Waals surface area contributed by atoms with Crippen LogP contribution in [0.1, 0.15) is 34.6 Å². The molecule has 2 atom stereocenters. The number of rotatable bonds is 7. The molecule has 0 aliphatic rings. The van der Waals surface area contributed by atoms with Crippen molar-refractivity contribution >= 4 is 24.7 Å². The van der Waals surface area contributed by atoms with Crippen LogP contribution in [-0.4, -0.2) is 38.7 Å². The highest BCUT2D eigenvalue weighted by Gasteiger charge is 2.50. The molecular weight excluding hydrogens is 392 g/mol. The molecule has 0 radical (unpaired) electrons. The topological polar surface area (TPSA) is 55.8 Å². The molecular formula is C25H32O4Si. The minimum atomic E-state index is -2.67. The van der Waals surface area contributed by atoms with Crippen molar-refractivity contribution in [3.8, 4) is 11.8 Å². The van der Waals surface area contributed by atoms with E-state index in [2.05, 4.69) is 56.9 Å². The maximum absolute atomic E-state index is 11.5. The van der Waals surface area contributed by atoms with Crippen molar-refractivity contribution in [2.45, 2.75) is 45.8 Å². The number of aliphatic hydroxyl groups excluding tert-OH is 1. The molecule has 0 aromatic heterocycles. The highest BCUT2D eigenvalue weighted by molar-refractivity contribution is 6.99. The SMILES string of the molecule is CCOC(=O)C#C[C@H](O)[C@H](C)CO[Si](c1ccccc1)(c1ccccc1)C(C)(C)C. The maximum Gasteiger partial charge on any atom is 0.384 e. The Bertz CT molecular complexity index is 823. The van der Waals surface area contributed by atoms with Crippen molar-refractivity contribution in [3.05, 3.63) is 60.7 Å². The lowest BCUT2D eigenvalue weighted by molar-refractivity contribution is -0.136. The predicted octanol–water partition coefficient (Wildman–Crippen LogP) is 3.13. The molecule has 4 nitrogen and oxygen atoms in total. The summed E-state index contributed by atoms with van der Waals surface area (Å²) in [5, 5.41) is 12.7. The van der Waals surface area contributed by atoms with Crippen LogP contribution in [0.2, 0.25) is 5.04 Å². The van der Waals surface area contributed by atoms with E-state index in [1.807, 2.05) is 43.3 Å². The van der Waals surface area contributed by atoms with Gasteiger partial charge in [-0.2, -0.15) is 0 Å². The number of ether oxygens (including phenoxy) is 1. The Morgan fingerprint density at radius 1 is 1.03 bits per heavy atom. The Labute approximate surface area is 181 Å². The molecule has 0 unspecified atom stereocenters. The summed E-state index contributed by atoms with van der Waals surface area (Å²) in [6, 6.07) is 20.7. The molecule has 160 valence electrons. The van der Waals surface area contributed by atoms with E-state index in [1.165, 1.54) is 10.4 Å². The lowest BCUT2D eigenvalue weighted by atomic mass is 10.1. The van der Waals surface area contributed by atoms with Gasteiger partial charge in [-0.05, 0) is 22.3 Å². The monoisotopic (exact) mass is 424 g/mol. The zero-order chi connectivity index (χ0) is 22.2. The van der Waals surface area contributed by atoms with Crippen LogP contribution in [0.3, 0.4) is 0 Å². The standard InChI is InChI=1S/C25H32O4Si/c1-6-28-24(27)18-17-23(26)20(2)19-29-30(25(3,4)5,21-13-9-7-10-14-21)22-15-11-8-12-16-22/h7-16,20,23,26H,6,19H2,1-5H3/t20-,23+/m1/s1. The van der Waals surface area contributed by atoms with E-state index in [0.717, 1.165) is 0 Å². The molecule has 30 heavy (non-hydrogen) atoms. The molecule has 5 heteroatoms. The summed E-state index contributed by atoms with van der Waals surface area (Å²) in [6.45, 7) is 10.8. The summed E-state index contributed by atoms with van der Waals surface area (Å²) in [7, 11) is -2.67. The van der Waals surface area contributed by atoms with Gasteiger partial charge in [0.05, 0.1) is 6.61 Å². The zero-order valence-corrected chi connectivity index (χ0v) is 19.5. The molecule has 0 aliphatic carbocycles. The summed E-state index contributed by atoms with van der Waals surface area (Å²) in [5.41, 5.74) is 0. The number of esters is 1. The van der Waals surface area contributed by atoms with Gasteiger partial charge in [0.1, 0.15) is 6.10 Å². The Kier molecular flexibility index (Phi) is 8.42. The van der Waals surface area contributed by atoms with Crippen LogP contribution in [-0.2, 0) is 14.0 Å². The van der Waals surface area contributed by atoms with Crippen molar-refractivity contribution in [1.29, 1.82) is 0 Å². The van der Waals surface area contributed by atoms with Crippen LogP contribution in [0.5, 0.6) is 0 Å². The number of aliphatic hydroxyl groups is 1. The molecule has 0 aliphatic heterocycles. The molecule has 0 fully saturated rings. The molecule has 0 saturated heterocycles. The average Bonchev–Trinajstić information content (AvgIpc) is 2.73. The Hall–Kier alpha value is -2.39. The van der Waals surface area contributed by atoms with Crippen LogP contribution in [0.15, 0.2) is 60.7 Å². The smallest absolute Gasteiger partial charge is 0.384 e. The van der Waals surface area contributed by atoms with Crippen LogP contribution in [0.25, 0.3) is 0 Å². The largest absolute Gasteiger partial charge is 0.456 e. The summed E-state index contributed by atoms with van der Waals surface area (Å²) in [6.07, 6.45) is -0.979. The fraction of sp³-hybridized carbons (Fsp3) is 0.400.